The molecule has 1 atom stereocenters. The smallest absolute Gasteiger partial charge is 0.191 e. The minimum atomic E-state index is -0.307. The number of hydrogen-bond donors (Lipinski definition) is 2. The van der Waals surface area contributed by atoms with E-state index in [1.165, 1.54) is 17.7 Å². The second kappa shape index (κ2) is 11.0. The van der Waals surface area contributed by atoms with Crippen LogP contribution in [0, 0.1) is 5.82 Å². The maximum absolute atomic E-state index is 13.4. The van der Waals surface area contributed by atoms with Crippen LogP contribution in [-0.4, -0.2) is 35.2 Å². The molecule has 0 bridgehead atoms. The van der Waals surface area contributed by atoms with Crippen LogP contribution in [0.1, 0.15) is 24.7 Å². The van der Waals surface area contributed by atoms with Crippen LogP contribution in [0.3, 0.4) is 0 Å². The second-order valence-corrected chi connectivity index (χ2v) is 6.87. The van der Waals surface area contributed by atoms with Gasteiger partial charge >= 0.3 is 0 Å². The fourth-order valence-corrected chi connectivity index (χ4v) is 3.03. The molecule has 1 aromatic heterocycles. The van der Waals surface area contributed by atoms with Gasteiger partial charge in [-0.1, -0.05) is 43.3 Å². The normalized spacial score (nSPS) is 12.4. The molecule has 3 rings (SSSR count). The molecule has 3 aromatic rings. The third kappa shape index (κ3) is 6.34. The molecule has 7 heteroatoms. The van der Waals surface area contributed by atoms with E-state index in [-0.39, 0.29) is 11.9 Å². The molecule has 0 fully saturated rings. The summed E-state index contributed by atoms with van der Waals surface area (Å²) in [6.45, 7) is 3.89. The Kier molecular flexibility index (Phi) is 7.83. The number of guanidine groups is 1. The zero-order chi connectivity index (χ0) is 21.2. The molecule has 0 spiro atoms. The van der Waals surface area contributed by atoms with Gasteiger partial charge in [0.25, 0.3) is 0 Å². The van der Waals surface area contributed by atoms with Crippen LogP contribution in [0.15, 0.2) is 72.0 Å². The molecular formula is C23H28FN5O. The summed E-state index contributed by atoms with van der Waals surface area (Å²) >= 11 is 0. The van der Waals surface area contributed by atoms with E-state index in [0.717, 1.165) is 18.8 Å². The molecular weight excluding hydrogens is 381 g/mol. The quantitative estimate of drug-likeness (QED) is 0.419. The maximum Gasteiger partial charge on any atom is 0.191 e. The Bertz CT molecular complexity index is 942. The SMILES string of the molecule is CCC(CNC(=NC)NCc1nccn1Cc1ccccc1)Oc1cccc(F)c1. The van der Waals surface area contributed by atoms with Crippen molar-refractivity contribution in [3.63, 3.8) is 0 Å². The van der Waals surface area contributed by atoms with Gasteiger partial charge in [0.05, 0.1) is 13.1 Å². The van der Waals surface area contributed by atoms with Crippen molar-refractivity contribution in [2.45, 2.75) is 32.5 Å². The fourth-order valence-electron chi connectivity index (χ4n) is 3.03. The monoisotopic (exact) mass is 409 g/mol. The van der Waals surface area contributed by atoms with Gasteiger partial charge in [-0.25, -0.2) is 9.37 Å². The lowest BCUT2D eigenvalue weighted by Gasteiger charge is -2.20. The summed E-state index contributed by atoms with van der Waals surface area (Å²) < 4.78 is 21.3. The summed E-state index contributed by atoms with van der Waals surface area (Å²) in [5.74, 6) is 1.80. The van der Waals surface area contributed by atoms with Crippen LogP contribution < -0.4 is 15.4 Å². The van der Waals surface area contributed by atoms with Crippen molar-refractivity contribution < 1.29 is 9.13 Å². The van der Waals surface area contributed by atoms with E-state index in [1.54, 1.807) is 25.4 Å². The van der Waals surface area contributed by atoms with E-state index in [2.05, 4.69) is 37.3 Å². The number of hydrogen-bond acceptors (Lipinski definition) is 3. The molecule has 158 valence electrons. The van der Waals surface area contributed by atoms with Crippen molar-refractivity contribution in [1.82, 2.24) is 20.2 Å². The first-order chi connectivity index (χ1) is 14.7. The van der Waals surface area contributed by atoms with E-state index in [4.69, 9.17) is 4.74 Å². The molecule has 0 radical (unpaired) electrons. The highest BCUT2D eigenvalue weighted by Crippen LogP contribution is 2.14. The highest BCUT2D eigenvalue weighted by molar-refractivity contribution is 5.79. The molecule has 2 N–H and O–H groups in total. The molecule has 0 aliphatic carbocycles. The first kappa shape index (κ1) is 21.4. The average Bonchev–Trinajstić information content (AvgIpc) is 3.20. The van der Waals surface area contributed by atoms with Gasteiger partial charge in [0.15, 0.2) is 5.96 Å². The van der Waals surface area contributed by atoms with E-state index < -0.39 is 0 Å². The summed E-state index contributed by atoms with van der Waals surface area (Å²) in [7, 11) is 1.72. The molecule has 0 saturated heterocycles. The minimum Gasteiger partial charge on any atom is -0.489 e. The fraction of sp³-hybridized carbons (Fsp3) is 0.304. The van der Waals surface area contributed by atoms with Crippen LogP contribution in [0.4, 0.5) is 4.39 Å². The first-order valence-corrected chi connectivity index (χ1v) is 10.1. The Morgan fingerprint density at radius 3 is 2.73 bits per heavy atom. The Balaban J connectivity index is 1.51. The molecule has 30 heavy (non-hydrogen) atoms. The van der Waals surface area contributed by atoms with Gasteiger partial charge in [0.1, 0.15) is 23.5 Å². The van der Waals surface area contributed by atoms with Gasteiger partial charge in [0.2, 0.25) is 0 Å². The number of ether oxygens (including phenoxy) is 1. The number of nitrogens with zero attached hydrogens (tertiary/aromatic N) is 3. The summed E-state index contributed by atoms with van der Waals surface area (Å²) in [5, 5.41) is 6.56. The Hall–Kier alpha value is -3.35. The summed E-state index contributed by atoms with van der Waals surface area (Å²) in [6.07, 6.45) is 4.45. The van der Waals surface area contributed by atoms with Crippen LogP contribution in [-0.2, 0) is 13.1 Å². The van der Waals surface area contributed by atoms with Gasteiger partial charge in [-0.15, -0.1) is 0 Å². The Labute approximate surface area is 176 Å². The zero-order valence-electron chi connectivity index (χ0n) is 17.4. The van der Waals surface area contributed by atoms with Gasteiger partial charge in [-0.3, -0.25) is 4.99 Å². The van der Waals surface area contributed by atoms with Gasteiger partial charge in [-0.2, -0.15) is 0 Å². The summed E-state index contributed by atoms with van der Waals surface area (Å²) in [5.41, 5.74) is 1.22. The molecule has 0 aliphatic rings. The highest BCUT2D eigenvalue weighted by Gasteiger charge is 2.11. The first-order valence-electron chi connectivity index (χ1n) is 10.1. The third-order valence-corrected chi connectivity index (χ3v) is 4.69. The lowest BCUT2D eigenvalue weighted by atomic mass is 10.2. The van der Waals surface area contributed by atoms with E-state index in [0.29, 0.717) is 24.8 Å². The summed E-state index contributed by atoms with van der Waals surface area (Å²) in [4.78, 5) is 8.72. The Morgan fingerprint density at radius 2 is 2.00 bits per heavy atom. The molecule has 2 aromatic carbocycles. The molecule has 0 amide bonds. The number of nitrogens with one attached hydrogen (secondary N) is 2. The number of imidazole rings is 1. The lowest BCUT2D eigenvalue weighted by Crippen LogP contribution is -2.42. The lowest BCUT2D eigenvalue weighted by molar-refractivity contribution is 0.198. The van der Waals surface area contributed by atoms with Crippen molar-refractivity contribution in [2.75, 3.05) is 13.6 Å². The molecule has 1 heterocycles. The number of halogens is 1. The van der Waals surface area contributed by atoms with E-state index >= 15 is 0 Å². The Morgan fingerprint density at radius 1 is 1.17 bits per heavy atom. The number of benzene rings is 2. The molecule has 0 saturated carbocycles. The van der Waals surface area contributed by atoms with Crippen molar-refractivity contribution in [3.8, 4) is 5.75 Å². The van der Waals surface area contributed by atoms with Crippen molar-refractivity contribution >= 4 is 5.96 Å². The van der Waals surface area contributed by atoms with Crippen molar-refractivity contribution in [2.24, 2.45) is 4.99 Å². The van der Waals surface area contributed by atoms with E-state index in [1.807, 2.05) is 31.3 Å². The number of rotatable bonds is 9. The molecule has 1 unspecified atom stereocenters. The van der Waals surface area contributed by atoms with E-state index in [9.17, 15) is 4.39 Å². The third-order valence-electron chi connectivity index (χ3n) is 4.69. The van der Waals surface area contributed by atoms with Gasteiger partial charge in [-0.05, 0) is 24.1 Å². The number of aromatic nitrogens is 2. The average molecular weight is 410 g/mol. The summed E-state index contributed by atoms with van der Waals surface area (Å²) in [6, 6.07) is 16.5. The minimum absolute atomic E-state index is 0.106. The number of aliphatic imine (C=N–C) groups is 1. The predicted octanol–water partition coefficient (Wildman–Crippen LogP) is 3.59. The predicted molar refractivity (Wildman–Crippen MR) is 117 cm³/mol. The van der Waals surface area contributed by atoms with Crippen LogP contribution in [0.5, 0.6) is 5.75 Å². The zero-order valence-corrected chi connectivity index (χ0v) is 17.4. The second-order valence-electron chi connectivity index (χ2n) is 6.87. The maximum atomic E-state index is 13.4. The van der Waals surface area contributed by atoms with Gasteiger partial charge < -0.3 is 19.9 Å². The van der Waals surface area contributed by atoms with Gasteiger partial charge in [0, 0.05) is 32.1 Å². The highest BCUT2D eigenvalue weighted by atomic mass is 19.1. The molecule has 6 nitrogen and oxygen atoms in total. The van der Waals surface area contributed by atoms with Crippen LogP contribution in [0.25, 0.3) is 0 Å². The topological polar surface area (TPSA) is 63.5 Å². The van der Waals surface area contributed by atoms with Crippen molar-refractivity contribution in [3.05, 3.63) is 84.2 Å². The standard InChI is InChI=1S/C23H28FN5O/c1-3-20(30-21-11-7-10-19(24)14-21)15-27-23(25-2)28-16-22-26-12-13-29(22)17-18-8-5-4-6-9-18/h4-14,20H,3,15-17H2,1-2H3,(H2,25,27,28). The molecule has 0 aliphatic heterocycles. The largest absolute Gasteiger partial charge is 0.489 e. The van der Waals surface area contributed by atoms with Crippen LogP contribution >= 0.6 is 0 Å². The van der Waals surface area contributed by atoms with Crippen LogP contribution in [0.2, 0.25) is 0 Å². The van der Waals surface area contributed by atoms with Crippen molar-refractivity contribution in [1.29, 1.82) is 0 Å².